The lowest BCUT2D eigenvalue weighted by Gasteiger charge is -2.66. The van der Waals surface area contributed by atoms with Crippen LogP contribution in [0.2, 0.25) is 0 Å². The van der Waals surface area contributed by atoms with Crippen molar-refractivity contribution >= 4 is 5.91 Å². The van der Waals surface area contributed by atoms with Gasteiger partial charge in [0.2, 0.25) is 5.91 Å². The Morgan fingerprint density at radius 2 is 1.73 bits per heavy atom. The van der Waals surface area contributed by atoms with E-state index in [1.165, 1.54) is 37.7 Å². The third kappa shape index (κ3) is 2.47. The SMILES string of the molecule is CC1CCN(C(=O)C23CC4C[C@@](C)(C2)C[C@](c2ccccc2)(C4)C3)CC1. The minimum absolute atomic E-state index is 0.0788. The summed E-state index contributed by atoms with van der Waals surface area (Å²) in [4.78, 5) is 16.0. The Balaban J connectivity index is 1.51. The number of amides is 1. The number of benzene rings is 1. The van der Waals surface area contributed by atoms with E-state index in [2.05, 4.69) is 49.1 Å². The molecule has 2 heteroatoms. The van der Waals surface area contributed by atoms with Crippen LogP contribution in [0.3, 0.4) is 0 Å². The van der Waals surface area contributed by atoms with Crippen LogP contribution in [0.15, 0.2) is 30.3 Å². The number of nitrogens with zero attached hydrogens (tertiary/aromatic N) is 1. The number of likely N-dealkylation sites (tertiary alicyclic amines) is 1. The van der Waals surface area contributed by atoms with E-state index in [9.17, 15) is 4.79 Å². The molecular weight excluding hydrogens is 318 g/mol. The second-order valence-corrected chi connectivity index (χ2v) is 10.7. The molecule has 1 heterocycles. The molecule has 140 valence electrons. The molecule has 1 aromatic rings. The van der Waals surface area contributed by atoms with Crippen LogP contribution in [0.4, 0.5) is 0 Å². The number of hydrogen-bond donors (Lipinski definition) is 0. The first-order chi connectivity index (χ1) is 12.4. The van der Waals surface area contributed by atoms with E-state index in [1.54, 1.807) is 0 Å². The maximum Gasteiger partial charge on any atom is 0.228 e. The second-order valence-electron chi connectivity index (χ2n) is 10.7. The van der Waals surface area contributed by atoms with Crippen molar-refractivity contribution in [3.8, 4) is 0 Å². The first kappa shape index (κ1) is 16.8. The van der Waals surface area contributed by atoms with E-state index in [-0.39, 0.29) is 10.8 Å². The monoisotopic (exact) mass is 351 g/mol. The number of carbonyl (C=O) groups is 1. The lowest BCUT2D eigenvalue weighted by atomic mass is 9.38. The van der Waals surface area contributed by atoms with Crippen molar-refractivity contribution < 1.29 is 4.79 Å². The summed E-state index contributed by atoms with van der Waals surface area (Å²) in [5.41, 5.74) is 2.02. The molecule has 1 saturated heterocycles. The van der Waals surface area contributed by atoms with Crippen LogP contribution in [-0.2, 0) is 10.2 Å². The Kier molecular flexibility index (Phi) is 3.62. The first-order valence-corrected chi connectivity index (χ1v) is 10.8. The van der Waals surface area contributed by atoms with Crippen molar-refractivity contribution in [1.29, 1.82) is 0 Å². The van der Waals surface area contributed by atoms with Gasteiger partial charge in [0.25, 0.3) is 0 Å². The molecule has 6 rings (SSSR count). The van der Waals surface area contributed by atoms with Gasteiger partial charge in [-0.15, -0.1) is 0 Å². The third-order valence-corrected chi connectivity index (χ3v) is 8.26. The highest BCUT2D eigenvalue weighted by atomic mass is 16.2. The topological polar surface area (TPSA) is 20.3 Å². The highest BCUT2D eigenvalue weighted by Gasteiger charge is 2.65. The fourth-order valence-electron chi connectivity index (χ4n) is 7.82. The number of hydrogen-bond acceptors (Lipinski definition) is 1. The van der Waals surface area contributed by atoms with E-state index in [0.717, 1.165) is 44.2 Å². The maximum absolute atomic E-state index is 13.8. The van der Waals surface area contributed by atoms with Crippen molar-refractivity contribution in [3.05, 3.63) is 35.9 Å². The van der Waals surface area contributed by atoms with E-state index < -0.39 is 0 Å². The van der Waals surface area contributed by atoms with Gasteiger partial charge in [0.05, 0.1) is 5.41 Å². The van der Waals surface area contributed by atoms with Gasteiger partial charge in [-0.2, -0.15) is 0 Å². The molecule has 26 heavy (non-hydrogen) atoms. The number of carbonyl (C=O) groups excluding carboxylic acids is 1. The molecule has 0 N–H and O–H groups in total. The van der Waals surface area contributed by atoms with Crippen molar-refractivity contribution in [2.75, 3.05) is 13.1 Å². The lowest BCUT2D eigenvalue weighted by Crippen LogP contribution is -2.62. The molecule has 1 aliphatic heterocycles. The molecule has 1 amide bonds. The lowest BCUT2D eigenvalue weighted by molar-refractivity contribution is -0.171. The zero-order chi connectivity index (χ0) is 18.0. The quantitative estimate of drug-likeness (QED) is 0.719. The molecule has 0 spiro atoms. The predicted molar refractivity (Wildman–Crippen MR) is 105 cm³/mol. The van der Waals surface area contributed by atoms with E-state index >= 15 is 0 Å². The van der Waals surface area contributed by atoms with Gasteiger partial charge >= 0.3 is 0 Å². The summed E-state index contributed by atoms with van der Waals surface area (Å²) in [6.07, 6.45) is 9.69. The van der Waals surface area contributed by atoms with Crippen molar-refractivity contribution in [2.24, 2.45) is 22.7 Å². The molecule has 0 aromatic heterocycles. The van der Waals surface area contributed by atoms with E-state index in [1.807, 2.05) is 0 Å². The summed E-state index contributed by atoms with van der Waals surface area (Å²) in [7, 11) is 0. The smallest absolute Gasteiger partial charge is 0.228 e. The van der Waals surface area contributed by atoms with Crippen LogP contribution < -0.4 is 0 Å². The van der Waals surface area contributed by atoms with Gasteiger partial charge in [-0.3, -0.25) is 4.79 Å². The predicted octanol–water partition coefficient (Wildman–Crippen LogP) is 5.17. The molecule has 2 nitrogen and oxygen atoms in total. The van der Waals surface area contributed by atoms with Crippen molar-refractivity contribution in [3.63, 3.8) is 0 Å². The molecule has 4 saturated carbocycles. The van der Waals surface area contributed by atoms with Crippen molar-refractivity contribution in [1.82, 2.24) is 4.90 Å². The fourth-order valence-corrected chi connectivity index (χ4v) is 7.82. The molecular formula is C24H33NO. The maximum atomic E-state index is 13.8. The molecule has 1 aromatic carbocycles. The molecule has 4 atom stereocenters. The molecule has 4 bridgehead atoms. The fraction of sp³-hybridized carbons (Fsp3) is 0.708. The van der Waals surface area contributed by atoms with Gasteiger partial charge in [-0.05, 0) is 79.6 Å². The molecule has 5 fully saturated rings. The molecule has 2 unspecified atom stereocenters. The van der Waals surface area contributed by atoms with Crippen LogP contribution in [0.5, 0.6) is 0 Å². The highest BCUT2D eigenvalue weighted by molar-refractivity contribution is 5.84. The van der Waals surface area contributed by atoms with Gasteiger partial charge in [-0.25, -0.2) is 0 Å². The Bertz CT molecular complexity index is 706. The zero-order valence-electron chi connectivity index (χ0n) is 16.5. The van der Waals surface area contributed by atoms with Crippen LogP contribution in [0.1, 0.15) is 70.8 Å². The molecule has 5 aliphatic rings. The van der Waals surface area contributed by atoms with E-state index in [4.69, 9.17) is 0 Å². The molecule has 4 aliphatic carbocycles. The first-order valence-electron chi connectivity index (χ1n) is 10.8. The number of piperidine rings is 1. The third-order valence-electron chi connectivity index (χ3n) is 8.26. The van der Waals surface area contributed by atoms with Crippen LogP contribution >= 0.6 is 0 Å². The Morgan fingerprint density at radius 1 is 1.00 bits per heavy atom. The van der Waals surface area contributed by atoms with Gasteiger partial charge in [0.1, 0.15) is 0 Å². The van der Waals surface area contributed by atoms with Gasteiger partial charge < -0.3 is 4.90 Å². The average Bonchev–Trinajstić information content (AvgIpc) is 2.60. The van der Waals surface area contributed by atoms with E-state index in [0.29, 0.717) is 11.3 Å². The van der Waals surface area contributed by atoms with Gasteiger partial charge in [-0.1, -0.05) is 44.2 Å². The minimum Gasteiger partial charge on any atom is -0.342 e. The van der Waals surface area contributed by atoms with Gasteiger partial charge in [0.15, 0.2) is 0 Å². The largest absolute Gasteiger partial charge is 0.342 e. The minimum atomic E-state index is -0.0788. The summed E-state index contributed by atoms with van der Waals surface area (Å²) in [5.74, 6) is 2.03. The normalized spacial score (nSPS) is 42.2. The Hall–Kier alpha value is -1.31. The zero-order valence-corrected chi connectivity index (χ0v) is 16.5. The summed E-state index contributed by atoms with van der Waals surface area (Å²) in [6.45, 7) is 6.79. The Morgan fingerprint density at radius 3 is 2.42 bits per heavy atom. The summed E-state index contributed by atoms with van der Waals surface area (Å²) in [6, 6.07) is 11.2. The molecule has 0 radical (unpaired) electrons. The standard InChI is InChI=1S/C24H33NO/c1-18-8-10-25(11-9-18)21(26)24-14-19-12-22(2,16-24)15-23(13-19,17-24)20-6-4-3-5-7-20/h3-7,18-19H,8-17H2,1-2H3/t19?,22-,23-,24?/m1/s1. The summed E-state index contributed by atoms with van der Waals surface area (Å²) >= 11 is 0. The van der Waals surface area contributed by atoms with Crippen molar-refractivity contribution in [2.45, 2.75) is 70.6 Å². The van der Waals surface area contributed by atoms with Crippen LogP contribution in [0, 0.1) is 22.7 Å². The highest BCUT2D eigenvalue weighted by Crippen LogP contribution is 2.70. The van der Waals surface area contributed by atoms with Gasteiger partial charge in [0, 0.05) is 13.1 Å². The Labute approximate surface area is 158 Å². The van der Waals surface area contributed by atoms with Crippen LogP contribution in [0.25, 0.3) is 0 Å². The number of rotatable bonds is 2. The second kappa shape index (κ2) is 5.59. The summed E-state index contributed by atoms with van der Waals surface area (Å²) < 4.78 is 0. The van der Waals surface area contributed by atoms with Crippen LogP contribution in [-0.4, -0.2) is 23.9 Å². The summed E-state index contributed by atoms with van der Waals surface area (Å²) in [5, 5.41) is 0. The average molecular weight is 352 g/mol.